The Morgan fingerprint density at radius 2 is 2.11 bits per heavy atom. The molecule has 100 valence electrons. The largest absolute Gasteiger partial charge is 0.369 e. The minimum Gasteiger partial charge on any atom is -0.369 e. The molecule has 1 N–H and O–H groups in total. The van der Waals surface area contributed by atoms with E-state index in [1.165, 1.54) is 17.7 Å². The maximum Gasteiger partial charge on any atom is 0.0475 e. The van der Waals surface area contributed by atoms with Crippen molar-refractivity contribution in [2.45, 2.75) is 18.9 Å². The monoisotopic (exact) mass is 272 g/mol. The van der Waals surface area contributed by atoms with Gasteiger partial charge in [-0.05, 0) is 36.4 Å². The fourth-order valence-electron chi connectivity index (χ4n) is 2.71. The molecule has 0 aliphatic carbocycles. The number of hydrogen-bond acceptors (Lipinski definition) is 3. The second-order valence-electron chi connectivity index (χ2n) is 5.12. The van der Waals surface area contributed by atoms with Gasteiger partial charge in [0.2, 0.25) is 0 Å². The Kier molecular flexibility index (Phi) is 4.16. The first kappa shape index (κ1) is 12.7. The Bertz CT molecular complexity index is 481. The first-order valence-electron chi connectivity index (χ1n) is 6.96. The van der Waals surface area contributed by atoms with Gasteiger partial charge in [-0.3, -0.25) is 0 Å². The van der Waals surface area contributed by atoms with Crippen LogP contribution in [0.15, 0.2) is 47.2 Å². The summed E-state index contributed by atoms with van der Waals surface area (Å²) in [5.41, 5.74) is 2.80. The Hall–Kier alpha value is -1.32. The zero-order valence-corrected chi connectivity index (χ0v) is 11.9. The molecule has 1 unspecified atom stereocenters. The number of nitrogens with zero attached hydrogens (tertiary/aromatic N) is 1. The van der Waals surface area contributed by atoms with Gasteiger partial charge in [-0.15, -0.1) is 0 Å². The maximum atomic E-state index is 3.68. The van der Waals surface area contributed by atoms with Gasteiger partial charge in [0.05, 0.1) is 0 Å². The van der Waals surface area contributed by atoms with Crippen molar-refractivity contribution >= 4 is 17.0 Å². The molecule has 1 fully saturated rings. The lowest BCUT2D eigenvalue weighted by Crippen LogP contribution is -2.39. The number of benzene rings is 1. The first-order valence-corrected chi connectivity index (χ1v) is 7.90. The second kappa shape index (κ2) is 6.22. The number of rotatable bonds is 3. The molecule has 1 aromatic heterocycles. The van der Waals surface area contributed by atoms with Crippen LogP contribution in [0.1, 0.15) is 12.0 Å². The molecule has 1 aromatic carbocycles. The minimum absolute atomic E-state index is 0.546. The van der Waals surface area contributed by atoms with Crippen LogP contribution >= 0.6 is 11.3 Å². The van der Waals surface area contributed by atoms with Crippen molar-refractivity contribution < 1.29 is 0 Å². The highest BCUT2D eigenvalue weighted by atomic mass is 32.1. The minimum atomic E-state index is 0.546. The lowest BCUT2D eigenvalue weighted by Gasteiger charge is -2.25. The summed E-state index contributed by atoms with van der Waals surface area (Å²) in [6.45, 7) is 3.39. The molecular formula is C16H20N2S. The summed E-state index contributed by atoms with van der Waals surface area (Å²) in [5.74, 6) is 0. The van der Waals surface area contributed by atoms with E-state index in [1.54, 1.807) is 11.3 Å². The molecule has 1 aliphatic heterocycles. The zero-order chi connectivity index (χ0) is 12.9. The van der Waals surface area contributed by atoms with E-state index in [0.717, 1.165) is 26.1 Å². The third-order valence-corrected chi connectivity index (χ3v) is 4.35. The summed E-state index contributed by atoms with van der Waals surface area (Å²) in [5, 5.41) is 8.11. The van der Waals surface area contributed by atoms with Crippen LogP contribution in [0.3, 0.4) is 0 Å². The molecule has 1 aliphatic rings. The molecule has 1 saturated heterocycles. The van der Waals surface area contributed by atoms with E-state index in [-0.39, 0.29) is 0 Å². The fraction of sp³-hybridized carbons (Fsp3) is 0.375. The van der Waals surface area contributed by atoms with Crippen molar-refractivity contribution in [3.8, 4) is 0 Å². The van der Waals surface area contributed by atoms with Crippen LogP contribution in [0.2, 0.25) is 0 Å². The summed E-state index contributed by atoms with van der Waals surface area (Å²) in [6.07, 6.45) is 2.34. The molecule has 0 radical (unpaired) electrons. The van der Waals surface area contributed by atoms with Gasteiger partial charge >= 0.3 is 0 Å². The standard InChI is InChI=1S/C16H20N2S/c1-2-5-14(6-3-1)11-15-12-18(9-4-8-17-15)16-7-10-19-13-16/h1-3,5-7,10,13,15,17H,4,8-9,11-12H2. The molecule has 3 heteroatoms. The highest BCUT2D eigenvalue weighted by molar-refractivity contribution is 7.08. The van der Waals surface area contributed by atoms with Gasteiger partial charge in [0.15, 0.2) is 0 Å². The van der Waals surface area contributed by atoms with Crippen LogP contribution in [0.4, 0.5) is 5.69 Å². The zero-order valence-electron chi connectivity index (χ0n) is 11.1. The number of nitrogens with one attached hydrogen (secondary N) is 1. The van der Waals surface area contributed by atoms with Gasteiger partial charge in [0.1, 0.15) is 0 Å². The normalized spacial score (nSPS) is 20.2. The average molecular weight is 272 g/mol. The first-order chi connectivity index (χ1) is 9.42. The maximum absolute atomic E-state index is 3.68. The molecule has 3 rings (SSSR count). The van der Waals surface area contributed by atoms with Gasteiger partial charge in [-0.2, -0.15) is 11.3 Å². The van der Waals surface area contributed by atoms with E-state index in [2.05, 4.69) is 57.4 Å². The summed E-state index contributed by atoms with van der Waals surface area (Å²) in [4.78, 5) is 2.52. The summed E-state index contributed by atoms with van der Waals surface area (Å²) in [7, 11) is 0. The Morgan fingerprint density at radius 3 is 2.89 bits per heavy atom. The van der Waals surface area contributed by atoms with E-state index >= 15 is 0 Å². The Labute approximate surface area is 119 Å². The van der Waals surface area contributed by atoms with Gasteiger partial charge < -0.3 is 10.2 Å². The van der Waals surface area contributed by atoms with Crippen molar-refractivity contribution in [2.75, 3.05) is 24.5 Å². The Morgan fingerprint density at radius 1 is 1.21 bits per heavy atom. The molecule has 0 bridgehead atoms. The summed E-state index contributed by atoms with van der Waals surface area (Å²) < 4.78 is 0. The molecule has 2 nitrogen and oxygen atoms in total. The smallest absolute Gasteiger partial charge is 0.0475 e. The predicted molar refractivity (Wildman–Crippen MR) is 83.1 cm³/mol. The molecular weight excluding hydrogens is 252 g/mol. The molecule has 2 heterocycles. The highest BCUT2D eigenvalue weighted by Crippen LogP contribution is 2.20. The van der Waals surface area contributed by atoms with E-state index in [0.29, 0.717) is 6.04 Å². The van der Waals surface area contributed by atoms with E-state index in [9.17, 15) is 0 Å². The molecule has 2 aromatic rings. The van der Waals surface area contributed by atoms with Gasteiger partial charge in [0.25, 0.3) is 0 Å². The van der Waals surface area contributed by atoms with E-state index < -0.39 is 0 Å². The van der Waals surface area contributed by atoms with Crippen molar-refractivity contribution in [1.82, 2.24) is 5.32 Å². The number of hydrogen-bond donors (Lipinski definition) is 1. The Balaban J connectivity index is 1.68. The van der Waals surface area contributed by atoms with Crippen LogP contribution in [-0.4, -0.2) is 25.7 Å². The van der Waals surface area contributed by atoms with E-state index in [1.807, 2.05) is 0 Å². The average Bonchev–Trinajstić information content (AvgIpc) is 2.88. The van der Waals surface area contributed by atoms with Crippen molar-refractivity contribution in [1.29, 1.82) is 0 Å². The lowest BCUT2D eigenvalue weighted by molar-refractivity contribution is 0.540. The lowest BCUT2D eigenvalue weighted by atomic mass is 10.1. The quantitative estimate of drug-likeness (QED) is 0.923. The molecule has 1 atom stereocenters. The van der Waals surface area contributed by atoms with Crippen LogP contribution in [-0.2, 0) is 6.42 Å². The summed E-state index contributed by atoms with van der Waals surface area (Å²) >= 11 is 1.78. The fourth-order valence-corrected chi connectivity index (χ4v) is 3.37. The van der Waals surface area contributed by atoms with Gasteiger partial charge in [-0.25, -0.2) is 0 Å². The highest BCUT2D eigenvalue weighted by Gasteiger charge is 2.18. The van der Waals surface area contributed by atoms with Crippen molar-refractivity contribution in [2.24, 2.45) is 0 Å². The SMILES string of the molecule is c1ccc(CC2CN(c3ccsc3)CCCN2)cc1. The van der Waals surface area contributed by atoms with Crippen LogP contribution in [0, 0.1) is 0 Å². The van der Waals surface area contributed by atoms with Crippen molar-refractivity contribution in [3.05, 3.63) is 52.7 Å². The van der Waals surface area contributed by atoms with Crippen LogP contribution in [0.5, 0.6) is 0 Å². The third-order valence-electron chi connectivity index (χ3n) is 3.67. The predicted octanol–water partition coefficient (Wildman–Crippen LogP) is 3.16. The van der Waals surface area contributed by atoms with Gasteiger partial charge in [0, 0.05) is 30.2 Å². The van der Waals surface area contributed by atoms with Gasteiger partial charge in [-0.1, -0.05) is 30.3 Å². The summed E-state index contributed by atoms with van der Waals surface area (Å²) in [6, 6.07) is 13.6. The molecule has 19 heavy (non-hydrogen) atoms. The number of anilines is 1. The molecule has 0 spiro atoms. The second-order valence-corrected chi connectivity index (χ2v) is 5.90. The van der Waals surface area contributed by atoms with Crippen LogP contribution < -0.4 is 10.2 Å². The van der Waals surface area contributed by atoms with Crippen LogP contribution in [0.25, 0.3) is 0 Å². The number of thiophene rings is 1. The topological polar surface area (TPSA) is 15.3 Å². The third kappa shape index (κ3) is 3.37. The van der Waals surface area contributed by atoms with E-state index in [4.69, 9.17) is 0 Å². The van der Waals surface area contributed by atoms with Crippen molar-refractivity contribution in [3.63, 3.8) is 0 Å². The molecule has 0 saturated carbocycles. The molecule has 0 amide bonds.